The standard InChI is InChI=1S/C17H19N3S/c1-3-18-15(11-17-19-8-9-21-17)16-10-12(2)13-6-4-5-7-14(13)20-16/h4-10,15,18H,3,11H2,1-2H3. The number of aromatic nitrogens is 2. The topological polar surface area (TPSA) is 37.8 Å². The smallest absolute Gasteiger partial charge is 0.0944 e. The van der Waals surface area contributed by atoms with E-state index >= 15 is 0 Å². The summed E-state index contributed by atoms with van der Waals surface area (Å²) in [5.74, 6) is 0. The molecule has 1 unspecified atom stereocenters. The summed E-state index contributed by atoms with van der Waals surface area (Å²) in [5, 5.41) is 7.93. The fraction of sp³-hybridized carbons (Fsp3) is 0.294. The lowest BCUT2D eigenvalue weighted by Crippen LogP contribution is -2.24. The van der Waals surface area contributed by atoms with Gasteiger partial charge in [-0.3, -0.25) is 4.98 Å². The summed E-state index contributed by atoms with van der Waals surface area (Å²) in [6.45, 7) is 5.20. The first-order chi connectivity index (χ1) is 10.3. The molecule has 2 heterocycles. The number of pyridine rings is 1. The normalized spacial score (nSPS) is 12.7. The van der Waals surface area contributed by atoms with E-state index in [2.05, 4.69) is 48.4 Å². The maximum Gasteiger partial charge on any atom is 0.0944 e. The third-order valence-corrected chi connectivity index (χ3v) is 4.41. The van der Waals surface area contributed by atoms with Crippen LogP contribution in [0.2, 0.25) is 0 Å². The fourth-order valence-electron chi connectivity index (χ4n) is 2.61. The quantitative estimate of drug-likeness (QED) is 0.776. The van der Waals surface area contributed by atoms with Crippen molar-refractivity contribution in [2.24, 2.45) is 0 Å². The summed E-state index contributed by atoms with van der Waals surface area (Å²) in [7, 11) is 0. The molecule has 108 valence electrons. The molecule has 2 aromatic heterocycles. The zero-order valence-corrected chi connectivity index (χ0v) is 13.2. The average molecular weight is 297 g/mol. The Labute approximate surface area is 129 Å². The number of nitrogens with one attached hydrogen (secondary N) is 1. The van der Waals surface area contributed by atoms with Crippen molar-refractivity contribution in [2.75, 3.05) is 6.54 Å². The van der Waals surface area contributed by atoms with Crippen molar-refractivity contribution in [1.82, 2.24) is 15.3 Å². The van der Waals surface area contributed by atoms with Crippen LogP contribution in [0.3, 0.4) is 0 Å². The molecule has 0 saturated carbocycles. The largest absolute Gasteiger partial charge is 0.309 e. The molecule has 1 atom stereocenters. The highest BCUT2D eigenvalue weighted by molar-refractivity contribution is 7.09. The fourth-order valence-corrected chi connectivity index (χ4v) is 3.27. The van der Waals surface area contributed by atoms with Crippen LogP contribution in [0.4, 0.5) is 0 Å². The molecule has 0 fully saturated rings. The minimum Gasteiger partial charge on any atom is -0.309 e. The minimum atomic E-state index is 0.212. The number of para-hydroxylation sites is 1. The van der Waals surface area contributed by atoms with E-state index in [0.717, 1.165) is 29.2 Å². The van der Waals surface area contributed by atoms with Gasteiger partial charge in [-0.25, -0.2) is 4.98 Å². The Balaban J connectivity index is 1.98. The first kappa shape index (κ1) is 14.2. The van der Waals surface area contributed by atoms with Gasteiger partial charge in [0.15, 0.2) is 0 Å². The second kappa shape index (κ2) is 6.33. The molecule has 0 aliphatic rings. The van der Waals surface area contributed by atoms with E-state index in [1.807, 2.05) is 17.6 Å². The van der Waals surface area contributed by atoms with Gasteiger partial charge in [0.1, 0.15) is 0 Å². The van der Waals surface area contributed by atoms with E-state index in [1.165, 1.54) is 10.9 Å². The maximum atomic E-state index is 4.85. The van der Waals surface area contributed by atoms with Gasteiger partial charge < -0.3 is 5.32 Å². The van der Waals surface area contributed by atoms with Crippen molar-refractivity contribution in [3.8, 4) is 0 Å². The number of nitrogens with zero attached hydrogens (tertiary/aromatic N) is 2. The zero-order valence-electron chi connectivity index (χ0n) is 12.3. The van der Waals surface area contributed by atoms with Gasteiger partial charge in [0, 0.05) is 23.4 Å². The number of benzene rings is 1. The van der Waals surface area contributed by atoms with Crippen LogP contribution in [0, 0.1) is 6.92 Å². The van der Waals surface area contributed by atoms with Gasteiger partial charge in [0.05, 0.1) is 22.3 Å². The summed E-state index contributed by atoms with van der Waals surface area (Å²) >= 11 is 1.70. The molecular formula is C17H19N3S. The van der Waals surface area contributed by atoms with Gasteiger partial charge in [0.25, 0.3) is 0 Å². The second-order valence-electron chi connectivity index (χ2n) is 5.12. The molecule has 0 radical (unpaired) electrons. The number of fused-ring (bicyclic) bond motifs is 1. The van der Waals surface area contributed by atoms with E-state index in [-0.39, 0.29) is 6.04 Å². The molecule has 21 heavy (non-hydrogen) atoms. The molecule has 3 rings (SSSR count). The Morgan fingerprint density at radius 2 is 2.14 bits per heavy atom. The van der Waals surface area contributed by atoms with Gasteiger partial charge in [-0.1, -0.05) is 25.1 Å². The van der Waals surface area contributed by atoms with Crippen LogP contribution in [0.25, 0.3) is 10.9 Å². The molecule has 4 heteroatoms. The Hall–Kier alpha value is -1.78. The summed E-state index contributed by atoms with van der Waals surface area (Å²) in [4.78, 5) is 9.25. The van der Waals surface area contributed by atoms with Crippen LogP contribution in [0.15, 0.2) is 41.9 Å². The van der Waals surface area contributed by atoms with Crippen LogP contribution in [-0.2, 0) is 6.42 Å². The third kappa shape index (κ3) is 3.12. The van der Waals surface area contributed by atoms with Crippen LogP contribution in [-0.4, -0.2) is 16.5 Å². The van der Waals surface area contributed by atoms with Crippen molar-refractivity contribution in [1.29, 1.82) is 0 Å². The zero-order chi connectivity index (χ0) is 14.7. The monoisotopic (exact) mass is 297 g/mol. The second-order valence-corrected chi connectivity index (χ2v) is 6.10. The van der Waals surface area contributed by atoms with Crippen LogP contribution >= 0.6 is 11.3 Å². The van der Waals surface area contributed by atoms with Gasteiger partial charge >= 0.3 is 0 Å². The van der Waals surface area contributed by atoms with E-state index in [9.17, 15) is 0 Å². The highest BCUT2D eigenvalue weighted by Gasteiger charge is 2.15. The number of rotatable bonds is 5. The molecule has 3 nitrogen and oxygen atoms in total. The molecule has 0 aliphatic heterocycles. The molecule has 0 spiro atoms. The minimum absolute atomic E-state index is 0.212. The van der Waals surface area contributed by atoms with Gasteiger partial charge in [-0.15, -0.1) is 11.3 Å². The first-order valence-corrected chi connectivity index (χ1v) is 8.14. The number of likely N-dealkylation sites (N-methyl/N-ethyl adjacent to an activating group) is 1. The van der Waals surface area contributed by atoms with E-state index in [1.54, 1.807) is 11.3 Å². The van der Waals surface area contributed by atoms with Crippen molar-refractivity contribution in [3.63, 3.8) is 0 Å². The van der Waals surface area contributed by atoms with Gasteiger partial charge in [0.2, 0.25) is 0 Å². The van der Waals surface area contributed by atoms with Crippen molar-refractivity contribution in [3.05, 3.63) is 58.2 Å². The Kier molecular flexibility index (Phi) is 4.27. The van der Waals surface area contributed by atoms with Crippen molar-refractivity contribution < 1.29 is 0 Å². The maximum absolute atomic E-state index is 4.85. The Morgan fingerprint density at radius 1 is 1.29 bits per heavy atom. The summed E-state index contributed by atoms with van der Waals surface area (Å²) in [6, 6.07) is 10.7. The lowest BCUT2D eigenvalue weighted by molar-refractivity contribution is 0.537. The highest BCUT2D eigenvalue weighted by atomic mass is 32.1. The van der Waals surface area contributed by atoms with E-state index in [4.69, 9.17) is 4.98 Å². The third-order valence-electron chi connectivity index (χ3n) is 3.61. The molecular weight excluding hydrogens is 278 g/mol. The summed E-state index contributed by atoms with van der Waals surface area (Å²) in [5.41, 5.74) is 3.44. The van der Waals surface area contributed by atoms with Crippen LogP contribution < -0.4 is 5.32 Å². The summed E-state index contributed by atoms with van der Waals surface area (Å²) in [6.07, 6.45) is 2.75. The predicted molar refractivity (Wildman–Crippen MR) is 88.7 cm³/mol. The lowest BCUT2D eigenvalue weighted by Gasteiger charge is -2.17. The SMILES string of the molecule is CCNC(Cc1nccs1)c1cc(C)c2ccccc2n1. The van der Waals surface area contributed by atoms with Crippen LogP contribution in [0.5, 0.6) is 0 Å². The molecule has 0 amide bonds. The average Bonchev–Trinajstić information content (AvgIpc) is 3.00. The lowest BCUT2D eigenvalue weighted by atomic mass is 10.0. The predicted octanol–water partition coefficient (Wildman–Crippen LogP) is 3.89. The Bertz CT molecular complexity index is 722. The number of thiazole rings is 1. The van der Waals surface area contributed by atoms with Gasteiger partial charge in [-0.2, -0.15) is 0 Å². The highest BCUT2D eigenvalue weighted by Crippen LogP contribution is 2.23. The van der Waals surface area contributed by atoms with E-state index < -0.39 is 0 Å². The van der Waals surface area contributed by atoms with Crippen molar-refractivity contribution in [2.45, 2.75) is 26.3 Å². The van der Waals surface area contributed by atoms with Crippen molar-refractivity contribution >= 4 is 22.2 Å². The molecule has 1 N–H and O–H groups in total. The molecule has 0 bridgehead atoms. The van der Waals surface area contributed by atoms with Gasteiger partial charge in [-0.05, 0) is 31.2 Å². The molecule has 0 aliphatic carbocycles. The Morgan fingerprint density at radius 3 is 2.90 bits per heavy atom. The summed E-state index contributed by atoms with van der Waals surface area (Å²) < 4.78 is 0. The molecule has 0 saturated heterocycles. The number of aryl methyl sites for hydroxylation is 1. The first-order valence-electron chi connectivity index (χ1n) is 7.26. The van der Waals surface area contributed by atoms with E-state index in [0.29, 0.717) is 0 Å². The molecule has 3 aromatic rings. The van der Waals surface area contributed by atoms with Crippen LogP contribution in [0.1, 0.15) is 29.2 Å². The molecule has 1 aromatic carbocycles. The number of hydrogen-bond donors (Lipinski definition) is 1. The number of hydrogen-bond acceptors (Lipinski definition) is 4.